The molecule has 1 saturated heterocycles. The molecule has 0 aromatic carbocycles. The number of pyridine rings is 1. The van der Waals surface area contributed by atoms with Crippen LogP contribution in [-0.4, -0.2) is 60.8 Å². The zero-order valence-corrected chi connectivity index (χ0v) is 13.1. The molecule has 1 aromatic rings. The standard InChI is InChI=1S/C14H20ClN3O3/c1-3-21-14(19)18-6-4-17(5-7-18)10-11-8-12(15)13(20-2)9-16-11/h8-9H,3-7,10H2,1-2H3. The van der Waals surface area contributed by atoms with Crippen LogP contribution in [0.1, 0.15) is 12.6 Å². The fraction of sp³-hybridized carbons (Fsp3) is 0.571. The van der Waals surface area contributed by atoms with Crippen LogP contribution >= 0.6 is 11.6 Å². The summed E-state index contributed by atoms with van der Waals surface area (Å²) in [6.45, 7) is 5.86. The lowest BCUT2D eigenvalue weighted by Crippen LogP contribution is -2.48. The number of amides is 1. The second-order valence-electron chi connectivity index (χ2n) is 4.77. The SMILES string of the molecule is CCOC(=O)N1CCN(Cc2cc(Cl)c(OC)cn2)CC1. The Morgan fingerprint density at radius 1 is 1.38 bits per heavy atom. The summed E-state index contributed by atoms with van der Waals surface area (Å²) in [6.07, 6.45) is 1.40. The zero-order chi connectivity index (χ0) is 15.2. The molecule has 1 aliphatic rings. The Hall–Kier alpha value is -1.53. The third-order valence-electron chi connectivity index (χ3n) is 3.38. The smallest absolute Gasteiger partial charge is 0.409 e. The van der Waals surface area contributed by atoms with Crippen LogP contribution in [0.4, 0.5) is 4.79 Å². The van der Waals surface area contributed by atoms with Crippen LogP contribution in [0.5, 0.6) is 5.75 Å². The van der Waals surface area contributed by atoms with Gasteiger partial charge < -0.3 is 14.4 Å². The van der Waals surface area contributed by atoms with Crippen molar-refractivity contribution >= 4 is 17.7 Å². The molecular weight excluding hydrogens is 294 g/mol. The minimum absolute atomic E-state index is 0.234. The highest BCUT2D eigenvalue weighted by atomic mass is 35.5. The number of aromatic nitrogens is 1. The number of rotatable bonds is 4. The average Bonchev–Trinajstić information content (AvgIpc) is 2.48. The molecule has 0 aliphatic carbocycles. The van der Waals surface area contributed by atoms with Crippen molar-refractivity contribution in [2.24, 2.45) is 0 Å². The molecule has 0 saturated carbocycles. The molecule has 1 aromatic heterocycles. The molecule has 0 atom stereocenters. The van der Waals surface area contributed by atoms with Gasteiger partial charge in [0, 0.05) is 32.7 Å². The maximum absolute atomic E-state index is 11.6. The lowest BCUT2D eigenvalue weighted by molar-refractivity contribution is 0.0775. The molecule has 2 rings (SSSR count). The van der Waals surface area contributed by atoms with E-state index in [9.17, 15) is 4.79 Å². The van der Waals surface area contributed by atoms with Crippen molar-refractivity contribution in [3.63, 3.8) is 0 Å². The van der Waals surface area contributed by atoms with Crippen molar-refractivity contribution < 1.29 is 14.3 Å². The summed E-state index contributed by atoms with van der Waals surface area (Å²) < 4.78 is 10.1. The summed E-state index contributed by atoms with van der Waals surface area (Å²) >= 11 is 6.09. The van der Waals surface area contributed by atoms with Crippen molar-refractivity contribution in [2.45, 2.75) is 13.5 Å². The van der Waals surface area contributed by atoms with E-state index < -0.39 is 0 Å². The van der Waals surface area contributed by atoms with Gasteiger partial charge in [0.25, 0.3) is 0 Å². The Labute approximate surface area is 129 Å². The van der Waals surface area contributed by atoms with Crippen LogP contribution in [0.3, 0.4) is 0 Å². The third-order valence-corrected chi connectivity index (χ3v) is 3.68. The fourth-order valence-corrected chi connectivity index (χ4v) is 2.48. The summed E-state index contributed by atoms with van der Waals surface area (Å²) in [5.41, 5.74) is 0.894. The highest BCUT2D eigenvalue weighted by Gasteiger charge is 2.22. The molecule has 0 bridgehead atoms. The zero-order valence-electron chi connectivity index (χ0n) is 12.3. The van der Waals surface area contributed by atoms with E-state index >= 15 is 0 Å². The summed E-state index contributed by atoms with van der Waals surface area (Å²) in [6, 6.07) is 1.82. The summed E-state index contributed by atoms with van der Waals surface area (Å²) in [7, 11) is 1.57. The lowest BCUT2D eigenvalue weighted by Gasteiger charge is -2.33. The Morgan fingerprint density at radius 3 is 2.67 bits per heavy atom. The highest BCUT2D eigenvalue weighted by molar-refractivity contribution is 6.32. The quantitative estimate of drug-likeness (QED) is 0.851. The number of hydrogen-bond donors (Lipinski definition) is 0. The maximum atomic E-state index is 11.6. The Balaban J connectivity index is 1.86. The number of ether oxygens (including phenoxy) is 2. The molecule has 1 aliphatic heterocycles. The van der Waals surface area contributed by atoms with Gasteiger partial charge in [-0.2, -0.15) is 0 Å². The van der Waals surface area contributed by atoms with Gasteiger partial charge in [0.2, 0.25) is 0 Å². The fourth-order valence-electron chi connectivity index (χ4n) is 2.23. The van der Waals surface area contributed by atoms with Gasteiger partial charge >= 0.3 is 6.09 Å². The first-order valence-electron chi connectivity index (χ1n) is 6.96. The molecule has 6 nitrogen and oxygen atoms in total. The summed E-state index contributed by atoms with van der Waals surface area (Å²) in [4.78, 5) is 19.9. The molecule has 0 radical (unpaired) electrons. The second-order valence-corrected chi connectivity index (χ2v) is 5.18. The van der Waals surface area contributed by atoms with Gasteiger partial charge in [-0.25, -0.2) is 4.79 Å². The van der Waals surface area contributed by atoms with E-state index in [1.165, 1.54) is 0 Å². The average molecular weight is 314 g/mol. The first-order chi connectivity index (χ1) is 10.1. The van der Waals surface area contributed by atoms with Gasteiger partial charge in [-0.15, -0.1) is 0 Å². The number of carbonyl (C=O) groups excluding carboxylic acids is 1. The molecule has 1 amide bonds. The van der Waals surface area contributed by atoms with E-state index in [2.05, 4.69) is 9.88 Å². The predicted molar refractivity (Wildman–Crippen MR) is 79.7 cm³/mol. The molecule has 2 heterocycles. The number of hydrogen-bond acceptors (Lipinski definition) is 5. The van der Waals surface area contributed by atoms with E-state index in [1.54, 1.807) is 18.2 Å². The van der Waals surface area contributed by atoms with E-state index in [-0.39, 0.29) is 6.09 Å². The summed E-state index contributed by atoms with van der Waals surface area (Å²) in [5.74, 6) is 0.576. The Kier molecular flexibility index (Phi) is 5.64. The summed E-state index contributed by atoms with van der Waals surface area (Å²) in [5, 5.41) is 0.563. The van der Waals surface area contributed by atoms with Gasteiger partial charge in [-0.1, -0.05) is 11.6 Å². The number of methoxy groups -OCH3 is 1. The van der Waals surface area contributed by atoms with Crippen LogP contribution in [0.15, 0.2) is 12.3 Å². The lowest BCUT2D eigenvalue weighted by atomic mass is 10.2. The Bertz CT molecular complexity index is 490. The normalized spacial score (nSPS) is 15.9. The molecule has 1 fully saturated rings. The van der Waals surface area contributed by atoms with Gasteiger partial charge in [-0.05, 0) is 13.0 Å². The highest BCUT2D eigenvalue weighted by Crippen LogP contribution is 2.23. The topological polar surface area (TPSA) is 54.9 Å². The molecule has 0 N–H and O–H groups in total. The van der Waals surface area contributed by atoms with E-state index in [4.69, 9.17) is 21.1 Å². The first kappa shape index (κ1) is 15.9. The molecule has 0 unspecified atom stereocenters. The van der Waals surface area contributed by atoms with E-state index in [0.29, 0.717) is 37.0 Å². The minimum atomic E-state index is -0.234. The van der Waals surface area contributed by atoms with Crippen molar-refractivity contribution in [3.05, 3.63) is 23.0 Å². The maximum Gasteiger partial charge on any atom is 0.409 e. The molecule has 21 heavy (non-hydrogen) atoms. The van der Waals surface area contributed by atoms with Gasteiger partial charge in [0.15, 0.2) is 5.75 Å². The molecule has 116 valence electrons. The first-order valence-corrected chi connectivity index (χ1v) is 7.34. The molecule has 7 heteroatoms. The van der Waals surface area contributed by atoms with E-state index in [1.807, 2.05) is 13.0 Å². The number of piperazine rings is 1. The van der Waals surface area contributed by atoms with Crippen molar-refractivity contribution in [1.82, 2.24) is 14.8 Å². The van der Waals surface area contributed by atoms with Crippen LogP contribution in [0.25, 0.3) is 0 Å². The van der Waals surface area contributed by atoms with Crippen molar-refractivity contribution in [3.8, 4) is 5.75 Å². The number of carbonyl (C=O) groups is 1. The predicted octanol–water partition coefficient (Wildman–Crippen LogP) is 2.02. The Morgan fingerprint density at radius 2 is 2.10 bits per heavy atom. The van der Waals surface area contributed by atoms with Crippen LogP contribution in [0.2, 0.25) is 5.02 Å². The minimum Gasteiger partial charge on any atom is -0.494 e. The number of nitrogens with zero attached hydrogens (tertiary/aromatic N) is 3. The number of halogens is 1. The van der Waals surface area contributed by atoms with E-state index in [0.717, 1.165) is 18.8 Å². The van der Waals surface area contributed by atoms with Crippen molar-refractivity contribution in [1.29, 1.82) is 0 Å². The monoisotopic (exact) mass is 313 g/mol. The van der Waals surface area contributed by atoms with Gasteiger partial charge in [0.1, 0.15) is 0 Å². The third kappa shape index (κ3) is 4.22. The van der Waals surface area contributed by atoms with Gasteiger partial charge in [-0.3, -0.25) is 9.88 Å². The van der Waals surface area contributed by atoms with Gasteiger partial charge in [0.05, 0.1) is 30.6 Å². The largest absolute Gasteiger partial charge is 0.494 e. The molecular formula is C14H20ClN3O3. The van der Waals surface area contributed by atoms with Crippen LogP contribution in [0, 0.1) is 0 Å². The van der Waals surface area contributed by atoms with Crippen molar-refractivity contribution in [2.75, 3.05) is 39.9 Å². The molecule has 0 spiro atoms. The van der Waals surface area contributed by atoms with Crippen LogP contribution < -0.4 is 4.74 Å². The second kappa shape index (κ2) is 7.47. The van der Waals surface area contributed by atoms with Crippen LogP contribution in [-0.2, 0) is 11.3 Å².